The normalized spacial score (nSPS) is 19.9. The quantitative estimate of drug-likeness (QED) is 0.642. The van der Waals surface area contributed by atoms with Crippen LogP contribution >= 0.6 is 0 Å². The van der Waals surface area contributed by atoms with Crippen LogP contribution in [0.5, 0.6) is 17.2 Å². The van der Waals surface area contributed by atoms with Crippen LogP contribution in [0.25, 0.3) is 0 Å². The number of hydrogen-bond acceptors (Lipinski definition) is 7. The van der Waals surface area contributed by atoms with E-state index in [2.05, 4.69) is 5.32 Å². The van der Waals surface area contributed by atoms with E-state index in [0.29, 0.717) is 46.7 Å². The average molecular weight is 464 g/mol. The van der Waals surface area contributed by atoms with Gasteiger partial charge in [0.05, 0.1) is 39.9 Å². The van der Waals surface area contributed by atoms with E-state index in [9.17, 15) is 9.59 Å². The van der Waals surface area contributed by atoms with Crippen molar-refractivity contribution in [1.82, 2.24) is 5.32 Å². The number of Topliss-reactive ketones (excluding diaryl/α,β-unsaturated/α-hetero) is 1. The van der Waals surface area contributed by atoms with Crippen LogP contribution in [0.2, 0.25) is 0 Å². The summed E-state index contributed by atoms with van der Waals surface area (Å²) in [5.41, 5.74) is 4.19. The highest BCUT2D eigenvalue weighted by Crippen LogP contribution is 2.48. The molecule has 0 saturated carbocycles. The first kappa shape index (κ1) is 23.4. The van der Waals surface area contributed by atoms with Gasteiger partial charge >= 0.3 is 5.97 Å². The van der Waals surface area contributed by atoms with Crippen molar-refractivity contribution in [3.05, 3.63) is 76.1 Å². The van der Waals surface area contributed by atoms with E-state index >= 15 is 0 Å². The summed E-state index contributed by atoms with van der Waals surface area (Å²) in [5.74, 6) is 0.836. The number of benzene rings is 2. The van der Waals surface area contributed by atoms with Crippen molar-refractivity contribution >= 4 is 11.8 Å². The van der Waals surface area contributed by atoms with Crippen molar-refractivity contribution in [2.75, 3.05) is 28.4 Å². The maximum Gasteiger partial charge on any atom is 0.336 e. The van der Waals surface area contributed by atoms with Crippen molar-refractivity contribution in [3.8, 4) is 17.2 Å². The number of allylic oxidation sites excluding steroid dienone is 3. The molecule has 0 amide bonds. The van der Waals surface area contributed by atoms with Crippen LogP contribution in [0.15, 0.2) is 65.0 Å². The zero-order chi connectivity index (χ0) is 24.4. The number of rotatable bonds is 6. The molecular formula is C27H29NO6. The average Bonchev–Trinajstić information content (AvgIpc) is 2.86. The second-order valence-corrected chi connectivity index (χ2v) is 8.39. The van der Waals surface area contributed by atoms with E-state index in [0.717, 1.165) is 17.0 Å². The minimum atomic E-state index is -0.627. The minimum Gasteiger partial charge on any atom is -0.497 e. The van der Waals surface area contributed by atoms with Gasteiger partial charge in [0.1, 0.15) is 17.2 Å². The number of nitrogens with one attached hydrogen (secondary N) is 1. The van der Waals surface area contributed by atoms with Gasteiger partial charge in [-0.1, -0.05) is 12.1 Å². The summed E-state index contributed by atoms with van der Waals surface area (Å²) >= 11 is 0. The van der Waals surface area contributed by atoms with Crippen LogP contribution in [0.3, 0.4) is 0 Å². The molecule has 0 saturated heterocycles. The van der Waals surface area contributed by atoms with Gasteiger partial charge in [-0.05, 0) is 55.2 Å². The molecule has 178 valence electrons. The highest BCUT2D eigenvalue weighted by molar-refractivity contribution is 6.04. The summed E-state index contributed by atoms with van der Waals surface area (Å²) in [7, 11) is 6.11. The Morgan fingerprint density at radius 1 is 0.912 bits per heavy atom. The Kier molecular flexibility index (Phi) is 6.63. The molecule has 0 bridgehead atoms. The zero-order valence-electron chi connectivity index (χ0n) is 20.1. The number of hydrogen-bond donors (Lipinski definition) is 1. The smallest absolute Gasteiger partial charge is 0.336 e. The maximum atomic E-state index is 13.7. The Balaban J connectivity index is 1.84. The molecule has 34 heavy (non-hydrogen) atoms. The molecule has 2 atom stereocenters. The van der Waals surface area contributed by atoms with Crippen molar-refractivity contribution in [2.24, 2.45) is 0 Å². The van der Waals surface area contributed by atoms with Gasteiger partial charge in [0.25, 0.3) is 0 Å². The van der Waals surface area contributed by atoms with E-state index in [-0.39, 0.29) is 11.7 Å². The molecule has 2 aliphatic rings. The largest absolute Gasteiger partial charge is 0.497 e. The highest BCUT2D eigenvalue weighted by Gasteiger charge is 2.42. The molecule has 0 radical (unpaired) electrons. The first-order chi connectivity index (χ1) is 16.4. The monoisotopic (exact) mass is 463 g/mol. The van der Waals surface area contributed by atoms with Crippen LogP contribution in [0.1, 0.15) is 42.7 Å². The van der Waals surface area contributed by atoms with Gasteiger partial charge in [0.2, 0.25) is 0 Å². The van der Waals surface area contributed by atoms with Crippen molar-refractivity contribution in [1.29, 1.82) is 0 Å². The van der Waals surface area contributed by atoms with Crippen LogP contribution in [-0.4, -0.2) is 40.2 Å². The van der Waals surface area contributed by atoms with Gasteiger partial charge < -0.3 is 24.3 Å². The molecule has 1 heterocycles. The molecule has 0 spiro atoms. The third kappa shape index (κ3) is 4.14. The fourth-order valence-electron chi connectivity index (χ4n) is 4.91. The van der Waals surface area contributed by atoms with E-state index in [4.69, 9.17) is 18.9 Å². The zero-order valence-corrected chi connectivity index (χ0v) is 20.1. The lowest BCUT2D eigenvalue weighted by atomic mass is 9.71. The van der Waals surface area contributed by atoms with Crippen LogP contribution in [0.4, 0.5) is 0 Å². The molecule has 1 N–H and O–H groups in total. The topological polar surface area (TPSA) is 83.1 Å². The summed E-state index contributed by atoms with van der Waals surface area (Å²) in [5, 5.41) is 3.34. The maximum absolute atomic E-state index is 13.7. The standard InChI is InChI=1S/C27H29NO6/c1-15-24(27(30)34-5)25(20-14-19(32-3)10-11-23(20)33-4)26-21(28-15)12-17(13-22(26)29)16-6-8-18(31-2)9-7-16/h6-11,14,17,25,28H,12-13H2,1-5H3. The Hall–Kier alpha value is -3.74. The van der Waals surface area contributed by atoms with Crippen molar-refractivity contribution in [2.45, 2.75) is 31.6 Å². The number of dihydropyridines is 1. The van der Waals surface area contributed by atoms with E-state index in [1.807, 2.05) is 37.3 Å². The van der Waals surface area contributed by atoms with E-state index in [1.165, 1.54) is 7.11 Å². The Morgan fingerprint density at radius 3 is 2.21 bits per heavy atom. The molecule has 1 aliphatic carbocycles. The van der Waals surface area contributed by atoms with E-state index < -0.39 is 11.9 Å². The highest BCUT2D eigenvalue weighted by atomic mass is 16.5. The van der Waals surface area contributed by atoms with E-state index in [1.54, 1.807) is 33.5 Å². The SMILES string of the molecule is COC(=O)C1=C(C)NC2=C(C(=O)CC(c3ccc(OC)cc3)C2)C1c1cc(OC)ccc1OC. The number of esters is 1. The lowest BCUT2D eigenvalue weighted by Crippen LogP contribution is -2.36. The summed E-state index contributed by atoms with van der Waals surface area (Å²) in [6, 6.07) is 13.2. The molecule has 0 fully saturated rings. The number of methoxy groups -OCH3 is 4. The third-order valence-corrected chi connectivity index (χ3v) is 6.57. The fourth-order valence-corrected chi connectivity index (χ4v) is 4.91. The summed E-state index contributed by atoms with van der Waals surface area (Å²) in [4.78, 5) is 26.6. The predicted octanol–water partition coefficient (Wildman–Crippen LogP) is 4.25. The number of carbonyl (C=O) groups is 2. The number of ketones is 1. The van der Waals surface area contributed by atoms with Crippen LogP contribution in [0, 0.1) is 0 Å². The number of carbonyl (C=O) groups excluding carboxylic acids is 2. The molecule has 2 unspecified atom stereocenters. The molecule has 7 nitrogen and oxygen atoms in total. The molecule has 1 aliphatic heterocycles. The second kappa shape index (κ2) is 9.63. The van der Waals surface area contributed by atoms with Gasteiger partial charge in [-0.15, -0.1) is 0 Å². The second-order valence-electron chi connectivity index (χ2n) is 8.39. The third-order valence-electron chi connectivity index (χ3n) is 6.57. The molecule has 2 aromatic carbocycles. The van der Waals surface area contributed by atoms with Gasteiger partial charge in [-0.25, -0.2) is 4.79 Å². The van der Waals surface area contributed by atoms with Crippen LogP contribution < -0.4 is 19.5 Å². The Bertz CT molecular complexity index is 1180. The summed E-state index contributed by atoms with van der Waals surface area (Å²) in [6.07, 6.45) is 0.977. The van der Waals surface area contributed by atoms with Gasteiger partial charge in [0.15, 0.2) is 5.78 Å². The predicted molar refractivity (Wildman–Crippen MR) is 127 cm³/mol. The molecule has 2 aromatic rings. The van der Waals surface area contributed by atoms with Crippen molar-refractivity contribution in [3.63, 3.8) is 0 Å². The number of ether oxygens (including phenoxy) is 4. The molecular weight excluding hydrogens is 434 g/mol. The summed E-state index contributed by atoms with van der Waals surface area (Å²) in [6.45, 7) is 1.83. The van der Waals surface area contributed by atoms with Gasteiger partial charge in [0, 0.05) is 29.0 Å². The molecule has 0 aromatic heterocycles. The first-order valence-corrected chi connectivity index (χ1v) is 11.1. The Labute approximate surface area is 199 Å². The molecule has 7 heteroatoms. The van der Waals surface area contributed by atoms with Crippen LogP contribution in [-0.2, 0) is 14.3 Å². The first-order valence-electron chi connectivity index (χ1n) is 11.1. The van der Waals surface area contributed by atoms with Gasteiger partial charge in [-0.3, -0.25) is 4.79 Å². The van der Waals surface area contributed by atoms with Gasteiger partial charge in [-0.2, -0.15) is 0 Å². The summed E-state index contributed by atoms with van der Waals surface area (Å²) < 4.78 is 21.4. The Morgan fingerprint density at radius 2 is 1.59 bits per heavy atom. The minimum absolute atomic E-state index is 0.0154. The van der Waals surface area contributed by atoms with Crippen molar-refractivity contribution < 1.29 is 28.5 Å². The lowest BCUT2D eigenvalue weighted by molar-refractivity contribution is -0.136. The molecule has 4 rings (SSSR count). The fraction of sp³-hybridized carbons (Fsp3) is 0.333. The lowest BCUT2D eigenvalue weighted by Gasteiger charge is -2.37.